The first-order chi connectivity index (χ1) is 7.81. The van der Waals surface area contributed by atoms with Crippen molar-refractivity contribution in [3.05, 3.63) is 29.8 Å². The summed E-state index contributed by atoms with van der Waals surface area (Å²) in [5.41, 5.74) is 2.56. The molecule has 2 rings (SSSR count). The molecule has 0 radical (unpaired) electrons. The zero-order valence-electron chi connectivity index (χ0n) is 10.1. The molecule has 0 bridgehead atoms. The molecular formula is C13H20N2O. The minimum absolute atomic E-state index is 0.169. The van der Waals surface area contributed by atoms with Gasteiger partial charge < -0.3 is 15.0 Å². The molecule has 0 unspecified atom stereocenters. The molecule has 1 heterocycles. The first-order valence-electron chi connectivity index (χ1n) is 5.89. The van der Waals surface area contributed by atoms with Crippen LogP contribution in [0.15, 0.2) is 24.3 Å². The van der Waals surface area contributed by atoms with Gasteiger partial charge in [0.15, 0.2) is 0 Å². The third-order valence-electron chi connectivity index (χ3n) is 3.18. The molecule has 3 heteroatoms. The van der Waals surface area contributed by atoms with Crippen LogP contribution in [0.3, 0.4) is 0 Å². The average Bonchev–Trinajstić information content (AvgIpc) is 2.39. The summed E-state index contributed by atoms with van der Waals surface area (Å²) in [7, 11) is 1.75. The predicted octanol–water partition coefficient (Wildman–Crippen LogP) is 1.80. The van der Waals surface area contributed by atoms with E-state index >= 15 is 0 Å². The van der Waals surface area contributed by atoms with Gasteiger partial charge in [-0.25, -0.2) is 0 Å². The molecule has 1 saturated heterocycles. The Morgan fingerprint density at radius 2 is 2.06 bits per heavy atom. The number of hydrogen-bond donors (Lipinski definition) is 1. The summed E-state index contributed by atoms with van der Waals surface area (Å²) >= 11 is 0. The van der Waals surface area contributed by atoms with E-state index in [1.165, 1.54) is 11.3 Å². The van der Waals surface area contributed by atoms with E-state index < -0.39 is 0 Å². The van der Waals surface area contributed by atoms with Crippen molar-refractivity contribution in [2.75, 3.05) is 38.2 Å². The molecule has 16 heavy (non-hydrogen) atoms. The van der Waals surface area contributed by atoms with Crippen LogP contribution in [0.25, 0.3) is 0 Å². The Morgan fingerprint density at radius 3 is 2.75 bits per heavy atom. The van der Waals surface area contributed by atoms with Crippen molar-refractivity contribution in [1.82, 2.24) is 5.32 Å². The maximum Gasteiger partial charge on any atom is 0.0793 e. The van der Waals surface area contributed by atoms with Crippen LogP contribution in [0, 0.1) is 0 Å². The van der Waals surface area contributed by atoms with Crippen molar-refractivity contribution in [2.24, 2.45) is 0 Å². The van der Waals surface area contributed by atoms with Crippen LogP contribution in [0.1, 0.15) is 18.6 Å². The second kappa shape index (κ2) is 5.32. The molecule has 1 aliphatic heterocycles. The third-order valence-corrected chi connectivity index (χ3v) is 3.18. The van der Waals surface area contributed by atoms with Gasteiger partial charge in [-0.15, -0.1) is 0 Å². The zero-order chi connectivity index (χ0) is 11.4. The highest BCUT2D eigenvalue weighted by molar-refractivity contribution is 5.49. The second-order valence-electron chi connectivity index (χ2n) is 4.21. The normalized spacial score (nSPS) is 18.5. The van der Waals surface area contributed by atoms with Gasteiger partial charge in [-0.1, -0.05) is 12.1 Å². The number of ether oxygens (including phenoxy) is 1. The summed E-state index contributed by atoms with van der Waals surface area (Å²) in [4.78, 5) is 2.42. The standard InChI is InChI=1S/C13H20N2O/c1-11(16-2)12-4-3-5-13(10-12)15-8-6-14-7-9-15/h3-5,10-11,14H,6-9H2,1-2H3/t11-/m0/s1. The lowest BCUT2D eigenvalue weighted by Gasteiger charge is -2.30. The van der Waals surface area contributed by atoms with E-state index in [-0.39, 0.29) is 6.10 Å². The van der Waals surface area contributed by atoms with Gasteiger partial charge in [0, 0.05) is 39.0 Å². The number of hydrogen-bond acceptors (Lipinski definition) is 3. The quantitative estimate of drug-likeness (QED) is 0.840. The summed E-state index contributed by atoms with van der Waals surface area (Å²) in [6, 6.07) is 8.65. The Hall–Kier alpha value is -1.06. The summed E-state index contributed by atoms with van der Waals surface area (Å²) < 4.78 is 5.35. The van der Waals surface area contributed by atoms with Crippen LogP contribution in [-0.4, -0.2) is 33.3 Å². The molecule has 1 atom stereocenters. The molecule has 3 nitrogen and oxygen atoms in total. The lowest BCUT2D eigenvalue weighted by molar-refractivity contribution is 0.119. The third kappa shape index (κ3) is 2.54. The van der Waals surface area contributed by atoms with Crippen molar-refractivity contribution in [1.29, 1.82) is 0 Å². The maximum atomic E-state index is 5.35. The number of nitrogens with zero attached hydrogens (tertiary/aromatic N) is 1. The van der Waals surface area contributed by atoms with Crippen LogP contribution in [0.5, 0.6) is 0 Å². The summed E-state index contributed by atoms with van der Waals surface area (Å²) in [6.07, 6.45) is 0.169. The van der Waals surface area contributed by atoms with Gasteiger partial charge in [0.05, 0.1) is 6.10 Å². The van der Waals surface area contributed by atoms with Crippen molar-refractivity contribution >= 4 is 5.69 Å². The van der Waals surface area contributed by atoms with E-state index in [4.69, 9.17) is 4.74 Å². The minimum atomic E-state index is 0.169. The van der Waals surface area contributed by atoms with Crippen molar-refractivity contribution in [3.63, 3.8) is 0 Å². The number of nitrogens with one attached hydrogen (secondary N) is 1. The first-order valence-corrected chi connectivity index (χ1v) is 5.89. The van der Waals surface area contributed by atoms with Crippen molar-refractivity contribution in [3.8, 4) is 0 Å². The molecule has 88 valence electrons. The summed E-state index contributed by atoms with van der Waals surface area (Å²) in [5.74, 6) is 0. The molecule has 1 aliphatic rings. The largest absolute Gasteiger partial charge is 0.377 e. The predicted molar refractivity (Wildman–Crippen MR) is 66.9 cm³/mol. The van der Waals surface area contributed by atoms with Crippen LogP contribution < -0.4 is 10.2 Å². The Labute approximate surface area is 97.4 Å². The van der Waals surface area contributed by atoms with Gasteiger partial charge >= 0.3 is 0 Å². The number of methoxy groups -OCH3 is 1. The van der Waals surface area contributed by atoms with Gasteiger partial charge in [0.25, 0.3) is 0 Å². The number of anilines is 1. The van der Waals surface area contributed by atoms with Crippen molar-refractivity contribution < 1.29 is 4.74 Å². The Morgan fingerprint density at radius 1 is 1.31 bits per heavy atom. The van der Waals surface area contributed by atoms with E-state index in [0.717, 1.165) is 26.2 Å². The number of rotatable bonds is 3. The molecule has 0 aromatic heterocycles. The number of piperazine rings is 1. The second-order valence-corrected chi connectivity index (χ2v) is 4.21. The van der Waals surface area contributed by atoms with Gasteiger partial charge in [-0.05, 0) is 24.6 Å². The fraction of sp³-hybridized carbons (Fsp3) is 0.538. The highest BCUT2D eigenvalue weighted by atomic mass is 16.5. The summed E-state index contributed by atoms with van der Waals surface area (Å²) in [5, 5.41) is 3.37. The lowest BCUT2D eigenvalue weighted by Crippen LogP contribution is -2.43. The molecule has 1 N–H and O–H groups in total. The smallest absolute Gasteiger partial charge is 0.0793 e. The van der Waals surface area contributed by atoms with Crippen LogP contribution in [0.4, 0.5) is 5.69 Å². The Balaban J connectivity index is 2.14. The van der Waals surface area contributed by atoms with Crippen LogP contribution in [0.2, 0.25) is 0 Å². The van der Waals surface area contributed by atoms with Crippen LogP contribution >= 0.6 is 0 Å². The van der Waals surface area contributed by atoms with Crippen LogP contribution in [-0.2, 0) is 4.74 Å². The summed E-state index contributed by atoms with van der Waals surface area (Å²) in [6.45, 7) is 6.40. The van der Waals surface area contributed by atoms with E-state index in [1.807, 2.05) is 0 Å². The molecule has 0 spiro atoms. The highest BCUT2D eigenvalue weighted by Gasteiger charge is 2.11. The molecule has 1 aromatic rings. The Bertz CT molecular complexity index is 334. The van der Waals surface area contributed by atoms with E-state index in [9.17, 15) is 0 Å². The van der Waals surface area contributed by atoms with E-state index in [0.29, 0.717) is 0 Å². The molecule has 1 fully saturated rings. The van der Waals surface area contributed by atoms with Gasteiger partial charge in [-0.2, -0.15) is 0 Å². The first kappa shape index (κ1) is 11.4. The van der Waals surface area contributed by atoms with Gasteiger partial charge in [-0.3, -0.25) is 0 Å². The maximum absolute atomic E-state index is 5.35. The van der Waals surface area contributed by atoms with Gasteiger partial charge in [0.2, 0.25) is 0 Å². The Kier molecular flexibility index (Phi) is 3.80. The van der Waals surface area contributed by atoms with Gasteiger partial charge in [0.1, 0.15) is 0 Å². The highest BCUT2D eigenvalue weighted by Crippen LogP contribution is 2.22. The van der Waals surface area contributed by atoms with Crippen molar-refractivity contribution in [2.45, 2.75) is 13.0 Å². The fourth-order valence-electron chi connectivity index (χ4n) is 2.03. The lowest BCUT2D eigenvalue weighted by atomic mass is 10.1. The monoisotopic (exact) mass is 220 g/mol. The van der Waals surface area contributed by atoms with E-state index in [2.05, 4.69) is 41.4 Å². The fourth-order valence-corrected chi connectivity index (χ4v) is 2.03. The zero-order valence-corrected chi connectivity index (χ0v) is 10.1. The average molecular weight is 220 g/mol. The SMILES string of the molecule is CO[C@@H](C)c1cccc(N2CCNCC2)c1. The molecule has 0 aliphatic carbocycles. The minimum Gasteiger partial charge on any atom is -0.377 e. The number of benzene rings is 1. The topological polar surface area (TPSA) is 24.5 Å². The molecular weight excluding hydrogens is 200 g/mol. The van der Waals surface area contributed by atoms with E-state index in [1.54, 1.807) is 7.11 Å². The molecule has 0 amide bonds. The molecule has 0 saturated carbocycles. The molecule has 1 aromatic carbocycles.